The number of methoxy groups -OCH3 is 1. The summed E-state index contributed by atoms with van der Waals surface area (Å²) < 4.78 is 11.8. The quantitative estimate of drug-likeness (QED) is 0.300. The minimum absolute atomic E-state index is 0.0252. The molecule has 1 aliphatic heterocycles. The van der Waals surface area contributed by atoms with E-state index in [4.69, 9.17) is 9.47 Å². The van der Waals surface area contributed by atoms with Crippen molar-refractivity contribution in [1.82, 2.24) is 15.5 Å². The number of nitrogens with one attached hydrogen (secondary N) is 2. The first-order valence-corrected chi connectivity index (χ1v) is 14.5. The van der Waals surface area contributed by atoms with Gasteiger partial charge in [-0.2, -0.15) is 0 Å². The number of ether oxygens (including phenoxy) is 2. The van der Waals surface area contributed by atoms with Crippen LogP contribution in [0.15, 0.2) is 24.3 Å². The monoisotopic (exact) mass is 517 g/mol. The number of amides is 2. The number of nitrogens with zero attached hydrogens (tertiary/aromatic N) is 1. The van der Waals surface area contributed by atoms with Crippen LogP contribution in [0.1, 0.15) is 83.6 Å². The Morgan fingerprint density at radius 1 is 1.16 bits per heavy atom. The van der Waals surface area contributed by atoms with Crippen molar-refractivity contribution < 1.29 is 19.4 Å². The molecule has 2 amide bonds. The van der Waals surface area contributed by atoms with Gasteiger partial charge < -0.3 is 30.1 Å². The van der Waals surface area contributed by atoms with E-state index in [9.17, 15) is 9.90 Å². The van der Waals surface area contributed by atoms with Crippen molar-refractivity contribution in [2.45, 2.75) is 95.8 Å². The Morgan fingerprint density at radius 3 is 2.62 bits per heavy atom. The molecule has 3 rings (SSSR count). The molecule has 1 saturated heterocycles. The minimum Gasteiger partial charge on any atom is -0.490 e. The van der Waals surface area contributed by atoms with Gasteiger partial charge in [-0.1, -0.05) is 32.0 Å². The van der Waals surface area contributed by atoms with Crippen molar-refractivity contribution in [3.8, 4) is 5.75 Å². The molecule has 1 aromatic carbocycles. The second-order valence-electron chi connectivity index (χ2n) is 11.5. The van der Waals surface area contributed by atoms with Gasteiger partial charge in [-0.05, 0) is 83.2 Å². The summed E-state index contributed by atoms with van der Waals surface area (Å²) in [6.45, 7) is 7.05. The number of likely N-dealkylation sites (N-methyl/N-ethyl adjacent to an activating group) is 1. The lowest BCUT2D eigenvalue weighted by Crippen LogP contribution is -2.54. The molecule has 0 aromatic heterocycles. The topological polar surface area (TPSA) is 83.1 Å². The van der Waals surface area contributed by atoms with Gasteiger partial charge in [0, 0.05) is 50.9 Å². The molecule has 1 aromatic rings. The van der Waals surface area contributed by atoms with Gasteiger partial charge in [0.25, 0.3) is 0 Å². The Bertz CT molecular complexity index is 814. The normalized spacial score (nSPS) is 21.1. The maximum atomic E-state index is 13.3. The molecule has 37 heavy (non-hydrogen) atoms. The van der Waals surface area contributed by atoms with Gasteiger partial charge in [0.2, 0.25) is 0 Å². The highest BCUT2D eigenvalue weighted by Gasteiger charge is 2.43. The molecule has 7 heteroatoms. The zero-order valence-electron chi connectivity index (χ0n) is 23.6. The number of benzene rings is 1. The van der Waals surface area contributed by atoms with Crippen molar-refractivity contribution in [1.29, 1.82) is 0 Å². The number of likely N-dealkylation sites (tertiary alicyclic amines) is 1. The smallest absolute Gasteiger partial charge is 0.317 e. The predicted molar refractivity (Wildman–Crippen MR) is 149 cm³/mol. The van der Waals surface area contributed by atoms with Gasteiger partial charge >= 0.3 is 6.03 Å². The molecule has 1 unspecified atom stereocenters. The van der Waals surface area contributed by atoms with Crippen molar-refractivity contribution in [2.24, 2.45) is 11.8 Å². The van der Waals surface area contributed by atoms with E-state index in [1.807, 2.05) is 36.2 Å². The van der Waals surface area contributed by atoms with Gasteiger partial charge in [0.15, 0.2) is 0 Å². The van der Waals surface area contributed by atoms with Gasteiger partial charge in [-0.25, -0.2) is 4.79 Å². The van der Waals surface area contributed by atoms with E-state index in [0.717, 1.165) is 69.3 Å². The van der Waals surface area contributed by atoms with E-state index in [1.54, 1.807) is 7.11 Å². The number of urea groups is 1. The summed E-state index contributed by atoms with van der Waals surface area (Å²) in [5.41, 5.74) is -0.191. The second kappa shape index (κ2) is 14.9. The van der Waals surface area contributed by atoms with E-state index in [-0.39, 0.29) is 24.1 Å². The zero-order valence-corrected chi connectivity index (χ0v) is 23.6. The van der Waals surface area contributed by atoms with Crippen LogP contribution >= 0.6 is 0 Å². The summed E-state index contributed by atoms with van der Waals surface area (Å²) in [4.78, 5) is 15.2. The van der Waals surface area contributed by atoms with Crippen LogP contribution in [0.4, 0.5) is 4.79 Å². The third kappa shape index (κ3) is 8.59. The second-order valence-corrected chi connectivity index (χ2v) is 11.5. The minimum atomic E-state index is -1.07. The fourth-order valence-electron chi connectivity index (χ4n) is 6.14. The third-order valence-corrected chi connectivity index (χ3v) is 8.02. The van der Waals surface area contributed by atoms with Crippen LogP contribution in [0.25, 0.3) is 0 Å². The molecule has 0 spiro atoms. The Labute approximate surface area is 224 Å². The maximum absolute atomic E-state index is 13.3. The van der Waals surface area contributed by atoms with E-state index in [1.165, 1.54) is 12.8 Å². The van der Waals surface area contributed by atoms with Crippen molar-refractivity contribution in [3.05, 3.63) is 29.8 Å². The lowest BCUT2D eigenvalue weighted by Gasteiger charge is -2.43. The zero-order chi connectivity index (χ0) is 26.7. The van der Waals surface area contributed by atoms with Gasteiger partial charge in [-0.3, -0.25) is 0 Å². The van der Waals surface area contributed by atoms with Crippen molar-refractivity contribution in [3.63, 3.8) is 0 Å². The number of aliphatic hydroxyl groups is 1. The number of piperidine rings is 1. The molecule has 3 N–H and O–H groups in total. The summed E-state index contributed by atoms with van der Waals surface area (Å²) in [6.07, 6.45) is 9.82. The van der Waals surface area contributed by atoms with E-state index in [2.05, 4.69) is 24.5 Å². The molecule has 2 aliphatic rings. The SMILES string of the molecule is CNC[C@H](CC(C)C)NC(=O)N1CCC[C@@H](C(O)(CCCCOC)c2ccccc2OC2CCCC2)C1. The highest BCUT2D eigenvalue weighted by Crippen LogP contribution is 2.44. The Balaban J connectivity index is 1.80. The summed E-state index contributed by atoms with van der Waals surface area (Å²) in [5, 5.41) is 18.9. The molecule has 1 saturated carbocycles. The number of rotatable bonds is 14. The van der Waals surface area contributed by atoms with Crippen LogP contribution in [-0.4, -0.2) is 68.6 Å². The number of carbonyl (C=O) groups is 1. The molecule has 2 fully saturated rings. The molecular formula is C30H51N3O4. The van der Waals surface area contributed by atoms with E-state index >= 15 is 0 Å². The van der Waals surface area contributed by atoms with Gasteiger partial charge in [0.1, 0.15) is 5.75 Å². The number of unbranched alkanes of at least 4 members (excludes halogenated alkanes) is 1. The maximum Gasteiger partial charge on any atom is 0.317 e. The van der Waals surface area contributed by atoms with Gasteiger partial charge in [0.05, 0.1) is 11.7 Å². The molecular weight excluding hydrogens is 466 g/mol. The molecule has 0 bridgehead atoms. The number of para-hydroxylation sites is 1. The summed E-state index contributed by atoms with van der Waals surface area (Å²) in [5.74, 6) is 1.24. The van der Waals surface area contributed by atoms with Crippen LogP contribution in [0, 0.1) is 11.8 Å². The Morgan fingerprint density at radius 2 is 1.92 bits per heavy atom. The number of hydrogen-bond donors (Lipinski definition) is 3. The molecule has 1 heterocycles. The van der Waals surface area contributed by atoms with Crippen molar-refractivity contribution in [2.75, 3.05) is 40.4 Å². The average Bonchev–Trinajstić information content (AvgIpc) is 3.40. The largest absolute Gasteiger partial charge is 0.490 e. The van der Waals surface area contributed by atoms with Crippen LogP contribution in [0.3, 0.4) is 0 Å². The fraction of sp³-hybridized carbons (Fsp3) is 0.767. The first-order valence-electron chi connectivity index (χ1n) is 14.5. The summed E-state index contributed by atoms with van der Waals surface area (Å²) in [6, 6.07) is 8.10. The van der Waals surface area contributed by atoms with Crippen molar-refractivity contribution >= 4 is 6.03 Å². The molecule has 210 valence electrons. The summed E-state index contributed by atoms with van der Waals surface area (Å²) >= 11 is 0. The molecule has 0 radical (unpaired) electrons. The van der Waals surface area contributed by atoms with Crippen LogP contribution < -0.4 is 15.4 Å². The van der Waals surface area contributed by atoms with Crippen LogP contribution in [-0.2, 0) is 10.3 Å². The van der Waals surface area contributed by atoms with Gasteiger partial charge in [-0.15, -0.1) is 0 Å². The Hall–Kier alpha value is -1.83. The third-order valence-electron chi connectivity index (χ3n) is 8.02. The predicted octanol–water partition coefficient (Wildman–Crippen LogP) is 5.07. The highest BCUT2D eigenvalue weighted by molar-refractivity contribution is 5.74. The van der Waals surface area contributed by atoms with E-state index in [0.29, 0.717) is 25.5 Å². The number of carbonyl (C=O) groups excluding carboxylic acids is 1. The molecule has 7 nitrogen and oxygen atoms in total. The first-order chi connectivity index (χ1) is 17.9. The standard InChI is InChI=1S/C30H51N3O4/c1-23(2)20-25(21-31-3)32-29(34)33-18-11-12-24(22-33)30(35,17-9-10-19-36-4)27-15-7-8-16-28(27)37-26-13-5-6-14-26/h7-8,15-16,23-26,31,35H,5-6,9-14,17-22H2,1-4H3,(H,32,34)/t24-,25+,30?/m1/s1. The molecule has 3 atom stereocenters. The van der Waals surface area contributed by atoms with E-state index < -0.39 is 5.60 Å². The number of hydrogen-bond acceptors (Lipinski definition) is 5. The molecule has 1 aliphatic carbocycles. The lowest BCUT2D eigenvalue weighted by molar-refractivity contribution is -0.0585. The fourth-order valence-corrected chi connectivity index (χ4v) is 6.14. The van der Waals surface area contributed by atoms with Crippen LogP contribution in [0.5, 0.6) is 5.75 Å². The summed E-state index contributed by atoms with van der Waals surface area (Å²) in [7, 11) is 3.64. The average molecular weight is 518 g/mol. The highest BCUT2D eigenvalue weighted by atomic mass is 16.5. The Kier molecular flexibility index (Phi) is 12.0. The van der Waals surface area contributed by atoms with Crippen LogP contribution in [0.2, 0.25) is 0 Å². The lowest BCUT2D eigenvalue weighted by atomic mass is 9.73. The first kappa shape index (κ1) is 29.7.